The Bertz CT molecular complexity index is 1320. The Labute approximate surface area is 188 Å². The van der Waals surface area contributed by atoms with Crippen LogP contribution in [0.1, 0.15) is 32.1 Å². The third-order valence-electron chi connectivity index (χ3n) is 5.20. The van der Waals surface area contributed by atoms with Crippen molar-refractivity contribution in [2.24, 2.45) is 0 Å². The summed E-state index contributed by atoms with van der Waals surface area (Å²) in [5.74, 6) is -1.36. The summed E-state index contributed by atoms with van der Waals surface area (Å²) in [5.41, 5.74) is 3.17. The predicted molar refractivity (Wildman–Crippen MR) is 119 cm³/mol. The number of rotatable bonds is 7. The number of para-hydroxylation sites is 1. The smallest absolute Gasteiger partial charge is 0.340 e. The van der Waals surface area contributed by atoms with Gasteiger partial charge in [0.25, 0.3) is 0 Å². The molecule has 0 aliphatic rings. The van der Waals surface area contributed by atoms with Crippen molar-refractivity contribution >= 4 is 40.0 Å². The van der Waals surface area contributed by atoms with Gasteiger partial charge in [0.2, 0.25) is 5.78 Å². The standard InChI is InChI=1S/C23H21N3O5S/c1-14-10-17(15(2)26(14)23-24-8-9-32-23)20(27)13-31-21(28)12-25-11-18(22(29)30-3)16-6-4-5-7-19(16)25/h4-11H,12-13H2,1-3H3. The van der Waals surface area contributed by atoms with Gasteiger partial charge in [-0.05, 0) is 26.0 Å². The highest BCUT2D eigenvalue weighted by Gasteiger charge is 2.20. The summed E-state index contributed by atoms with van der Waals surface area (Å²) < 4.78 is 13.6. The van der Waals surface area contributed by atoms with Crippen molar-refractivity contribution in [3.05, 3.63) is 70.6 Å². The molecule has 0 saturated heterocycles. The van der Waals surface area contributed by atoms with Crippen molar-refractivity contribution < 1.29 is 23.9 Å². The van der Waals surface area contributed by atoms with Crippen LogP contribution in [0.3, 0.4) is 0 Å². The van der Waals surface area contributed by atoms with Crippen LogP contribution in [0.25, 0.3) is 16.0 Å². The van der Waals surface area contributed by atoms with Crippen LogP contribution in [0.2, 0.25) is 0 Å². The zero-order valence-corrected chi connectivity index (χ0v) is 18.6. The van der Waals surface area contributed by atoms with E-state index in [1.807, 2.05) is 29.9 Å². The van der Waals surface area contributed by atoms with E-state index in [2.05, 4.69) is 4.98 Å². The van der Waals surface area contributed by atoms with E-state index < -0.39 is 11.9 Å². The minimum absolute atomic E-state index is 0.136. The minimum Gasteiger partial charge on any atom is -0.465 e. The highest BCUT2D eigenvalue weighted by molar-refractivity contribution is 7.12. The number of carbonyl (C=O) groups excluding carboxylic acids is 3. The van der Waals surface area contributed by atoms with Gasteiger partial charge in [-0.3, -0.25) is 14.2 Å². The van der Waals surface area contributed by atoms with Gasteiger partial charge in [-0.25, -0.2) is 9.78 Å². The van der Waals surface area contributed by atoms with Crippen LogP contribution in [-0.2, 0) is 20.8 Å². The van der Waals surface area contributed by atoms with Gasteiger partial charge in [0, 0.05) is 45.6 Å². The predicted octanol–water partition coefficient (Wildman–Crippen LogP) is 3.72. The molecule has 4 rings (SSSR count). The lowest BCUT2D eigenvalue weighted by molar-refractivity contribution is -0.143. The summed E-state index contributed by atoms with van der Waals surface area (Å²) in [4.78, 5) is 41.5. The lowest BCUT2D eigenvalue weighted by Gasteiger charge is -2.07. The van der Waals surface area contributed by atoms with E-state index in [-0.39, 0.29) is 18.9 Å². The molecule has 0 radical (unpaired) electrons. The van der Waals surface area contributed by atoms with Crippen LogP contribution in [-0.4, -0.2) is 45.6 Å². The molecule has 9 heteroatoms. The molecule has 3 heterocycles. The van der Waals surface area contributed by atoms with Crippen LogP contribution in [0, 0.1) is 13.8 Å². The second-order valence-electron chi connectivity index (χ2n) is 7.20. The number of ether oxygens (including phenoxy) is 2. The summed E-state index contributed by atoms with van der Waals surface area (Å²) in [6, 6.07) is 8.97. The van der Waals surface area contributed by atoms with Crippen LogP contribution in [0.4, 0.5) is 0 Å². The molecule has 8 nitrogen and oxygen atoms in total. The van der Waals surface area contributed by atoms with Crippen molar-refractivity contribution in [2.75, 3.05) is 13.7 Å². The number of thiazole rings is 1. The maximum atomic E-state index is 12.7. The fourth-order valence-corrected chi connectivity index (χ4v) is 4.48. The third kappa shape index (κ3) is 3.94. The molecule has 0 aliphatic heterocycles. The van der Waals surface area contributed by atoms with Gasteiger partial charge in [0.1, 0.15) is 6.54 Å². The molecular formula is C23H21N3O5S. The van der Waals surface area contributed by atoms with E-state index in [4.69, 9.17) is 9.47 Å². The maximum Gasteiger partial charge on any atom is 0.340 e. The monoisotopic (exact) mass is 451 g/mol. The van der Waals surface area contributed by atoms with E-state index in [1.165, 1.54) is 18.4 Å². The van der Waals surface area contributed by atoms with E-state index >= 15 is 0 Å². The van der Waals surface area contributed by atoms with Crippen LogP contribution >= 0.6 is 11.3 Å². The molecule has 0 aliphatic carbocycles. The third-order valence-corrected chi connectivity index (χ3v) is 5.96. The number of nitrogens with zero attached hydrogens (tertiary/aromatic N) is 3. The molecular weight excluding hydrogens is 430 g/mol. The Morgan fingerprint density at radius 1 is 1.12 bits per heavy atom. The molecule has 0 amide bonds. The van der Waals surface area contributed by atoms with Crippen molar-refractivity contribution in [2.45, 2.75) is 20.4 Å². The number of hydrogen-bond acceptors (Lipinski definition) is 7. The first-order valence-electron chi connectivity index (χ1n) is 9.84. The lowest BCUT2D eigenvalue weighted by Crippen LogP contribution is -2.18. The first-order valence-corrected chi connectivity index (χ1v) is 10.7. The number of ketones is 1. The molecule has 4 aromatic rings. The van der Waals surface area contributed by atoms with Crippen LogP contribution in [0.5, 0.6) is 0 Å². The highest BCUT2D eigenvalue weighted by atomic mass is 32.1. The van der Waals surface area contributed by atoms with Crippen LogP contribution < -0.4 is 0 Å². The Kier molecular flexibility index (Phi) is 5.91. The quantitative estimate of drug-likeness (QED) is 0.314. The average Bonchev–Trinajstić information content (AvgIpc) is 3.50. The van der Waals surface area contributed by atoms with Gasteiger partial charge < -0.3 is 14.0 Å². The fourth-order valence-electron chi connectivity index (χ4n) is 3.72. The Hall–Kier alpha value is -3.72. The van der Waals surface area contributed by atoms with Crippen molar-refractivity contribution in [1.82, 2.24) is 14.1 Å². The number of aryl methyl sites for hydroxylation is 1. The molecule has 0 fully saturated rings. The topological polar surface area (TPSA) is 92.4 Å². The molecule has 0 saturated carbocycles. The number of aromatic nitrogens is 3. The summed E-state index contributed by atoms with van der Waals surface area (Å²) in [7, 11) is 1.31. The van der Waals surface area contributed by atoms with Crippen molar-refractivity contribution in [3.63, 3.8) is 0 Å². The molecule has 0 atom stereocenters. The molecule has 32 heavy (non-hydrogen) atoms. The summed E-state index contributed by atoms with van der Waals surface area (Å²) in [6.07, 6.45) is 3.26. The summed E-state index contributed by atoms with van der Waals surface area (Å²) >= 11 is 1.47. The normalized spacial score (nSPS) is 11.0. The number of carbonyl (C=O) groups is 3. The van der Waals surface area contributed by atoms with Crippen molar-refractivity contribution in [1.29, 1.82) is 0 Å². The van der Waals surface area contributed by atoms with E-state index in [1.54, 1.807) is 41.2 Å². The van der Waals surface area contributed by atoms with Crippen LogP contribution in [0.15, 0.2) is 48.1 Å². The zero-order chi connectivity index (χ0) is 22.8. The first kappa shape index (κ1) is 21.5. The van der Waals surface area contributed by atoms with E-state index in [0.717, 1.165) is 16.5 Å². The van der Waals surface area contributed by atoms with Gasteiger partial charge in [-0.2, -0.15) is 0 Å². The molecule has 1 aromatic carbocycles. The largest absolute Gasteiger partial charge is 0.465 e. The lowest BCUT2D eigenvalue weighted by atomic mass is 10.1. The number of hydrogen-bond donors (Lipinski definition) is 0. The molecule has 0 spiro atoms. The molecule has 3 aromatic heterocycles. The zero-order valence-electron chi connectivity index (χ0n) is 17.8. The summed E-state index contributed by atoms with van der Waals surface area (Å²) in [6.45, 7) is 3.23. The second kappa shape index (κ2) is 8.80. The molecule has 0 unspecified atom stereocenters. The maximum absolute atomic E-state index is 12.7. The van der Waals surface area contributed by atoms with E-state index in [0.29, 0.717) is 22.0 Å². The molecule has 164 valence electrons. The highest BCUT2D eigenvalue weighted by Crippen LogP contribution is 2.24. The minimum atomic E-state index is -0.579. The SMILES string of the molecule is COC(=O)c1cn(CC(=O)OCC(=O)c2cc(C)n(-c3nccs3)c2C)c2ccccc12. The average molecular weight is 452 g/mol. The fraction of sp³-hybridized carbons (Fsp3) is 0.217. The number of fused-ring (bicyclic) bond motifs is 1. The summed E-state index contributed by atoms with van der Waals surface area (Å²) in [5, 5.41) is 3.32. The second-order valence-corrected chi connectivity index (χ2v) is 8.07. The Morgan fingerprint density at radius 2 is 1.91 bits per heavy atom. The van der Waals surface area contributed by atoms with Gasteiger partial charge in [0.15, 0.2) is 11.7 Å². The van der Waals surface area contributed by atoms with Gasteiger partial charge in [-0.1, -0.05) is 18.2 Å². The number of esters is 2. The van der Waals surface area contributed by atoms with Gasteiger partial charge in [0.05, 0.1) is 12.7 Å². The number of methoxy groups -OCH3 is 1. The Morgan fingerprint density at radius 3 is 2.62 bits per heavy atom. The first-order chi connectivity index (χ1) is 15.4. The molecule has 0 bridgehead atoms. The van der Waals surface area contributed by atoms with E-state index in [9.17, 15) is 14.4 Å². The van der Waals surface area contributed by atoms with Gasteiger partial charge in [-0.15, -0.1) is 11.3 Å². The number of Topliss-reactive ketones (excluding diaryl/α,β-unsaturated/α-hetero) is 1. The van der Waals surface area contributed by atoms with Gasteiger partial charge >= 0.3 is 11.9 Å². The van der Waals surface area contributed by atoms with Crippen molar-refractivity contribution in [3.8, 4) is 5.13 Å². The Balaban J connectivity index is 1.47. The number of benzene rings is 1. The molecule has 0 N–H and O–H groups in total.